The van der Waals surface area contributed by atoms with Crippen molar-refractivity contribution >= 4 is 35.4 Å². The Morgan fingerprint density at radius 2 is 1.77 bits per heavy atom. The van der Waals surface area contributed by atoms with Crippen LogP contribution >= 0.6 is 23.2 Å². The summed E-state index contributed by atoms with van der Waals surface area (Å²) in [5, 5.41) is 10.8. The van der Waals surface area contributed by atoms with Crippen molar-refractivity contribution in [1.29, 1.82) is 0 Å². The molecule has 0 heterocycles. The molecule has 0 saturated carbocycles. The van der Waals surface area contributed by atoms with E-state index in [4.69, 9.17) is 23.2 Å². The van der Waals surface area contributed by atoms with Crippen LogP contribution in [0.4, 0.5) is 4.79 Å². The zero-order valence-corrected chi connectivity index (χ0v) is 16.6. The minimum Gasteiger partial charge on any atom is -0.465 e. The normalized spacial score (nSPS) is 13.0. The van der Waals surface area contributed by atoms with E-state index < -0.39 is 11.6 Å². The Kier molecular flexibility index (Phi) is 6.74. The standard InChI is InChI=1S/C21H23Cl2NO2/c1-21(2,3)24(20(25)26)19(16-9-5-4-6-10-16)11-7-8-15-12-13-17(22)18(23)14-15/h4-10,12-14,19H,11H2,1-3H3,(H,25,26)/b8-7+/t19-/m0/s1. The lowest BCUT2D eigenvalue weighted by Crippen LogP contribution is -2.47. The summed E-state index contributed by atoms with van der Waals surface area (Å²) >= 11 is 12.0. The van der Waals surface area contributed by atoms with Crippen LogP contribution < -0.4 is 0 Å². The molecule has 0 aliphatic heterocycles. The fourth-order valence-electron chi connectivity index (χ4n) is 2.90. The molecule has 0 aliphatic carbocycles. The van der Waals surface area contributed by atoms with Gasteiger partial charge in [0.1, 0.15) is 0 Å². The Balaban J connectivity index is 2.31. The summed E-state index contributed by atoms with van der Waals surface area (Å²) in [6.07, 6.45) is 3.52. The Morgan fingerprint density at radius 3 is 2.31 bits per heavy atom. The monoisotopic (exact) mass is 391 g/mol. The first-order valence-corrected chi connectivity index (χ1v) is 9.14. The van der Waals surface area contributed by atoms with Crippen LogP contribution in [0.15, 0.2) is 54.6 Å². The van der Waals surface area contributed by atoms with Gasteiger partial charge in [-0.1, -0.05) is 71.8 Å². The largest absolute Gasteiger partial charge is 0.465 e. The SMILES string of the molecule is CC(C)(C)N(C(=O)O)[C@@H](C/C=C/c1ccc(Cl)c(Cl)c1)c1ccccc1. The predicted molar refractivity (Wildman–Crippen MR) is 109 cm³/mol. The molecule has 0 spiro atoms. The zero-order chi connectivity index (χ0) is 19.3. The van der Waals surface area contributed by atoms with Gasteiger partial charge in [0.15, 0.2) is 0 Å². The molecule has 1 N–H and O–H groups in total. The molecule has 1 amide bonds. The zero-order valence-electron chi connectivity index (χ0n) is 15.1. The Bertz CT molecular complexity index is 782. The first-order valence-electron chi connectivity index (χ1n) is 8.39. The maximum Gasteiger partial charge on any atom is 0.408 e. The first kappa shape index (κ1) is 20.3. The number of amides is 1. The highest BCUT2D eigenvalue weighted by molar-refractivity contribution is 6.42. The van der Waals surface area contributed by atoms with Crippen molar-refractivity contribution in [2.45, 2.75) is 38.8 Å². The fourth-order valence-corrected chi connectivity index (χ4v) is 3.21. The number of hydrogen-bond donors (Lipinski definition) is 1. The molecule has 0 radical (unpaired) electrons. The van der Waals surface area contributed by atoms with Gasteiger partial charge in [-0.15, -0.1) is 0 Å². The number of carboxylic acid groups (broad SMARTS) is 1. The fraction of sp³-hybridized carbons (Fsp3) is 0.286. The summed E-state index contributed by atoms with van der Waals surface area (Å²) in [5.41, 5.74) is 1.36. The van der Waals surface area contributed by atoms with Gasteiger partial charge in [0, 0.05) is 5.54 Å². The molecule has 1 atom stereocenters. The number of benzene rings is 2. The van der Waals surface area contributed by atoms with Gasteiger partial charge in [-0.2, -0.15) is 0 Å². The molecular formula is C21H23Cl2NO2. The van der Waals surface area contributed by atoms with E-state index in [9.17, 15) is 9.90 Å². The molecule has 5 heteroatoms. The number of halogens is 2. The molecule has 0 aromatic heterocycles. The van der Waals surface area contributed by atoms with E-state index in [-0.39, 0.29) is 6.04 Å². The van der Waals surface area contributed by atoms with E-state index in [1.54, 1.807) is 12.1 Å². The highest BCUT2D eigenvalue weighted by atomic mass is 35.5. The Morgan fingerprint density at radius 1 is 1.12 bits per heavy atom. The summed E-state index contributed by atoms with van der Waals surface area (Å²) in [7, 11) is 0. The maximum atomic E-state index is 11.9. The smallest absolute Gasteiger partial charge is 0.408 e. The van der Waals surface area contributed by atoms with Crippen LogP contribution in [0, 0.1) is 0 Å². The lowest BCUT2D eigenvalue weighted by Gasteiger charge is -2.39. The van der Waals surface area contributed by atoms with E-state index in [1.807, 2.05) is 69.3 Å². The van der Waals surface area contributed by atoms with E-state index in [0.29, 0.717) is 16.5 Å². The van der Waals surface area contributed by atoms with E-state index in [2.05, 4.69) is 0 Å². The van der Waals surface area contributed by atoms with Crippen molar-refractivity contribution in [2.24, 2.45) is 0 Å². The van der Waals surface area contributed by atoms with E-state index in [0.717, 1.165) is 11.1 Å². The van der Waals surface area contributed by atoms with Gasteiger partial charge in [0.2, 0.25) is 0 Å². The third kappa shape index (κ3) is 5.26. The molecule has 2 aromatic rings. The van der Waals surface area contributed by atoms with E-state index in [1.165, 1.54) is 4.90 Å². The third-order valence-electron chi connectivity index (χ3n) is 4.04. The Hall–Kier alpha value is -1.97. The highest BCUT2D eigenvalue weighted by Gasteiger charge is 2.33. The minimum absolute atomic E-state index is 0.285. The topological polar surface area (TPSA) is 40.5 Å². The summed E-state index contributed by atoms with van der Waals surface area (Å²) in [6.45, 7) is 5.71. The molecule has 2 rings (SSSR count). The molecule has 2 aromatic carbocycles. The summed E-state index contributed by atoms with van der Waals surface area (Å²) in [4.78, 5) is 13.4. The number of rotatable bonds is 5. The van der Waals surface area contributed by atoms with Crippen molar-refractivity contribution in [3.63, 3.8) is 0 Å². The quantitative estimate of drug-likeness (QED) is 0.600. The molecular weight excluding hydrogens is 369 g/mol. The van der Waals surface area contributed by atoms with Crippen LogP contribution in [0.25, 0.3) is 6.08 Å². The summed E-state index contributed by atoms with van der Waals surface area (Å²) in [6, 6.07) is 14.8. The lowest BCUT2D eigenvalue weighted by molar-refractivity contribution is 0.0705. The maximum absolute atomic E-state index is 11.9. The van der Waals surface area contributed by atoms with Crippen LogP contribution in [-0.4, -0.2) is 21.6 Å². The average Bonchev–Trinajstić information content (AvgIpc) is 2.56. The van der Waals surface area contributed by atoms with Gasteiger partial charge in [-0.25, -0.2) is 4.79 Å². The second-order valence-electron chi connectivity index (χ2n) is 7.06. The van der Waals surface area contributed by atoms with Crippen molar-refractivity contribution in [1.82, 2.24) is 4.90 Å². The van der Waals surface area contributed by atoms with Gasteiger partial charge < -0.3 is 5.11 Å². The van der Waals surface area contributed by atoms with Gasteiger partial charge in [0.25, 0.3) is 0 Å². The molecule has 0 fully saturated rings. The second-order valence-corrected chi connectivity index (χ2v) is 7.88. The van der Waals surface area contributed by atoms with Crippen molar-refractivity contribution < 1.29 is 9.90 Å². The van der Waals surface area contributed by atoms with Crippen LogP contribution in [0.2, 0.25) is 10.0 Å². The van der Waals surface area contributed by atoms with Crippen molar-refractivity contribution in [3.05, 3.63) is 75.8 Å². The summed E-state index contributed by atoms with van der Waals surface area (Å²) < 4.78 is 0. The number of hydrogen-bond acceptors (Lipinski definition) is 1. The summed E-state index contributed by atoms with van der Waals surface area (Å²) in [5.74, 6) is 0. The highest BCUT2D eigenvalue weighted by Crippen LogP contribution is 2.32. The third-order valence-corrected chi connectivity index (χ3v) is 4.78. The molecule has 0 unspecified atom stereocenters. The van der Waals surface area contributed by atoms with Crippen LogP contribution in [0.1, 0.15) is 44.4 Å². The van der Waals surface area contributed by atoms with Crippen LogP contribution in [-0.2, 0) is 0 Å². The Labute approximate surface area is 164 Å². The molecule has 26 heavy (non-hydrogen) atoms. The van der Waals surface area contributed by atoms with Gasteiger partial charge in [-0.05, 0) is 50.5 Å². The van der Waals surface area contributed by atoms with Gasteiger partial charge in [-0.3, -0.25) is 4.90 Å². The van der Waals surface area contributed by atoms with Gasteiger partial charge >= 0.3 is 6.09 Å². The average molecular weight is 392 g/mol. The van der Waals surface area contributed by atoms with Crippen molar-refractivity contribution in [3.8, 4) is 0 Å². The number of nitrogens with zero attached hydrogens (tertiary/aromatic N) is 1. The molecule has 0 saturated heterocycles. The number of carbonyl (C=O) groups is 1. The van der Waals surface area contributed by atoms with Crippen LogP contribution in [0.3, 0.4) is 0 Å². The molecule has 0 aliphatic rings. The second kappa shape index (κ2) is 8.61. The predicted octanol–water partition coefficient (Wildman–Crippen LogP) is 6.92. The van der Waals surface area contributed by atoms with Gasteiger partial charge in [0.05, 0.1) is 16.1 Å². The minimum atomic E-state index is -0.936. The molecule has 0 bridgehead atoms. The lowest BCUT2D eigenvalue weighted by atomic mass is 9.95. The molecule has 138 valence electrons. The molecule has 3 nitrogen and oxygen atoms in total. The van der Waals surface area contributed by atoms with Crippen molar-refractivity contribution in [2.75, 3.05) is 0 Å². The van der Waals surface area contributed by atoms with E-state index >= 15 is 0 Å². The first-order chi connectivity index (χ1) is 12.2. The van der Waals surface area contributed by atoms with Crippen LogP contribution in [0.5, 0.6) is 0 Å².